The Hall–Kier alpha value is -1.02. The number of hydrogen-bond donors (Lipinski definition) is 1. The molecule has 1 saturated carbocycles. The van der Waals surface area contributed by atoms with Gasteiger partial charge >= 0.3 is 0 Å². The Morgan fingerprint density at radius 2 is 1.86 bits per heavy atom. The number of rotatable bonds is 3. The minimum Gasteiger partial charge on any atom is -0.496 e. The van der Waals surface area contributed by atoms with Crippen LogP contribution in [0, 0.1) is 25.7 Å². The molecule has 0 radical (unpaired) electrons. The molecular weight excluding hydrogens is 260 g/mol. The molecule has 0 bridgehead atoms. The molecule has 118 valence electrons. The Bertz CT molecular complexity index is 505. The smallest absolute Gasteiger partial charge is 0.125 e. The van der Waals surface area contributed by atoms with Gasteiger partial charge in [0.2, 0.25) is 0 Å². The monoisotopic (exact) mass is 290 g/mol. The molecular formula is C19H30O2. The second kappa shape index (κ2) is 6.00. The summed E-state index contributed by atoms with van der Waals surface area (Å²) in [5.74, 6) is 1.92. The fraction of sp³-hybridized carbons (Fsp3) is 0.684. The molecule has 1 aromatic rings. The number of aliphatic hydroxyl groups is 1. The van der Waals surface area contributed by atoms with Crippen molar-refractivity contribution >= 4 is 0 Å². The molecule has 2 nitrogen and oxygen atoms in total. The number of aliphatic hydroxyl groups excluding tert-OH is 1. The molecule has 1 aromatic carbocycles. The van der Waals surface area contributed by atoms with Gasteiger partial charge in [0.25, 0.3) is 0 Å². The molecule has 2 heteroatoms. The van der Waals surface area contributed by atoms with Crippen LogP contribution in [0.5, 0.6) is 5.75 Å². The molecule has 21 heavy (non-hydrogen) atoms. The van der Waals surface area contributed by atoms with Crippen molar-refractivity contribution in [1.29, 1.82) is 0 Å². The SMILES string of the molecule is COc1c(C(C)(C)C2CCC(C)CC2O)ccc(C)c1C. The van der Waals surface area contributed by atoms with E-state index in [1.54, 1.807) is 7.11 Å². The van der Waals surface area contributed by atoms with Gasteiger partial charge in [0.15, 0.2) is 0 Å². The maximum absolute atomic E-state index is 10.6. The Labute approximate surface area is 129 Å². The molecule has 3 unspecified atom stereocenters. The molecule has 1 aliphatic carbocycles. The lowest BCUT2D eigenvalue weighted by Gasteiger charge is -2.43. The third-order valence-electron chi connectivity index (χ3n) is 5.58. The van der Waals surface area contributed by atoms with Crippen LogP contribution in [-0.2, 0) is 5.41 Å². The van der Waals surface area contributed by atoms with Gasteiger partial charge in [-0.1, -0.05) is 39.3 Å². The van der Waals surface area contributed by atoms with Crippen LogP contribution in [0.2, 0.25) is 0 Å². The summed E-state index contributed by atoms with van der Waals surface area (Å²) in [5, 5.41) is 10.6. The fourth-order valence-electron chi connectivity index (χ4n) is 3.95. The van der Waals surface area contributed by atoms with Crippen LogP contribution in [0.3, 0.4) is 0 Å². The van der Waals surface area contributed by atoms with Crippen LogP contribution in [-0.4, -0.2) is 18.3 Å². The highest BCUT2D eigenvalue weighted by Gasteiger charge is 2.40. The van der Waals surface area contributed by atoms with E-state index in [-0.39, 0.29) is 11.5 Å². The van der Waals surface area contributed by atoms with Crippen molar-refractivity contribution in [3.8, 4) is 5.75 Å². The van der Waals surface area contributed by atoms with Crippen molar-refractivity contribution in [2.75, 3.05) is 7.11 Å². The van der Waals surface area contributed by atoms with Gasteiger partial charge in [-0.15, -0.1) is 0 Å². The third kappa shape index (κ3) is 2.96. The van der Waals surface area contributed by atoms with E-state index in [1.165, 1.54) is 23.1 Å². The zero-order valence-corrected chi connectivity index (χ0v) is 14.4. The third-order valence-corrected chi connectivity index (χ3v) is 5.58. The largest absolute Gasteiger partial charge is 0.496 e. The Kier molecular flexibility index (Phi) is 4.67. The molecule has 0 spiro atoms. The lowest BCUT2D eigenvalue weighted by atomic mass is 9.64. The Morgan fingerprint density at radius 3 is 2.43 bits per heavy atom. The molecule has 1 fully saturated rings. The van der Waals surface area contributed by atoms with Crippen molar-refractivity contribution in [2.45, 2.75) is 65.4 Å². The van der Waals surface area contributed by atoms with Crippen LogP contribution < -0.4 is 4.74 Å². The van der Waals surface area contributed by atoms with Crippen molar-refractivity contribution in [3.05, 3.63) is 28.8 Å². The van der Waals surface area contributed by atoms with Crippen molar-refractivity contribution in [2.24, 2.45) is 11.8 Å². The number of aryl methyl sites for hydroxylation is 1. The molecule has 0 heterocycles. The first-order chi connectivity index (χ1) is 9.78. The van der Waals surface area contributed by atoms with Crippen LogP contribution in [0.25, 0.3) is 0 Å². The molecule has 0 aliphatic heterocycles. The first-order valence-corrected chi connectivity index (χ1v) is 8.11. The quantitative estimate of drug-likeness (QED) is 0.894. The number of hydrogen-bond acceptors (Lipinski definition) is 2. The zero-order chi connectivity index (χ0) is 15.8. The maximum atomic E-state index is 10.6. The van der Waals surface area contributed by atoms with E-state index in [0.29, 0.717) is 11.8 Å². The zero-order valence-electron chi connectivity index (χ0n) is 14.4. The van der Waals surface area contributed by atoms with Crippen LogP contribution in [0.1, 0.15) is 56.7 Å². The summed E-state index contributed by atoms with van der Waals surface area (Å²) in [6.45, 7) is 11.0. The molecule has 0 aromatic heterocycles. The normalized spacial score (nSPS) is 26.7. The maximum Gasteiger partial charge on any atom is 0.125 e. The highest BCUT2D eigenvalue weighted by Crippen LogP contribution is 2.46. The highest BCUT2D eigenvalue weighted by atomic mass is 16.5. The average molecular weight is 290 g/mol. The molecule has 3 atom stereocenters. The van der Waals surface area contributed by atoms with Crippen LogP contribution in [0.4, 0.5) is 0 Å². The summed E-state index contributed by atoms with van der Waals surface area (Å²) < 4.78 is 5.71. The fourth-order valence-corrected chi connectivity index (χ4v) is 3.95. The van der Waals surface area contributed by atoms with E-state index in [1.807, 2.05) is 0 Å². The molecule has 0 saturated heterocycles. The summed E-state index contributed by atoms with van der Waals surface area (Å²) >= 11 is 0. The summed E-state index contributed by atoms with van der Waals surface area (Å²) in [6, 6.07) is 4.36. The Morgan fingerprint density at radius 1 is 1.19 bits per heavy atom. The second-order valence-corrected chi connectivity index (χ2v) is 7.40. The van der Waals surface area contributed by atoms with E-state index >= 15 is 0 Å². The highest BCUT2D eigenvalue weighted by molar-refractivity contribution is 5.49. The topological polar surface area (TPSA) is 29.5 Å². The van der Waals surface area contributed by atoms with Gasteiger partial charge in [0.1, 0.15) is 5.75 Å². The van der Waals surface area contributed by atoms with Crippen LogP contribution >= 0.6 is 0 Å². The van der Waals surface area contributed by atoms with Crippen LogP contribution in [0.15, 0.2) is 12.1 Å². The average Bonchev–Trinajstić information content (AvgIpc) is 2.40. The summed E-state index contributed by atoms with van der Waals surface area (Å²) in [6.07, 6.45) is 3.00. The molecule has 0 amide bonds. The Balaban J connectivity index is 2.42. The van der Waals surface area contributed by atoms with Crippen molar-refractivity contribution in [3.63, 3.8) is 0 Å². The van der Waals surface area contributed by atoms with Gasteiger partial charge in [-0.3, -0.25) is 0 Å². The first kappa shape index (κ1) is 16.4. The van der Waals surface area contributed by atoms with Gasteiger partial charge < -0.3 is 9.84 Å². The number of methoxy groups -OCH3 is 1. The number of benzene rings is 1. The lowest BCUT2D eigenvalue weighted by molar-refractivity contribution is 0.0138. The minimum atomic E-state index is -0.213. The summed E-state index contributed by atoms with van der Waals surface area (Å²) in [5.41, 5.74) is 3.61. The van der Waals surface area contributed by atoms with Gasteiger partial charge in [-0.2, -0.15) is 0 Å². The molecule has 1 aliphatic rings. The second-order valence-electron chi connectivity index (χ2n) is 7.40. The standard InChI is InChI=1S/C19H30O2/c1-12-7-9-15(17(20)11-12)19(4,5)16-10-8-13(2)14(3)18(16)21-6/h8,10,12,15,17,20H,7,9,11H2,1-6H3. The van der Waals surface area contributed by atoms with Gasteiger partial charge in [0.05, 0.1) is 13.2 Å². The summed E-state index contributed by atoms with van der Waals surface area (Å²) in [7, 11) is 1.75. The van der Waals surface area contributed by atoms with Crippen molar-refractivity contribution < 1.29 is 9.84 Å². The van der Waals surface area contributed by atoms with E-state index in [2.05, 4.69) is 46.8 Å². The van der Waals surface area contributed by atoms with E-state index < -0.39 is 0 Å². The lowest BCUT2D eigenvalue weighted by Crippen LogP contribution is -2.41. The number of ether oxygens (including phenoxy) is 1. The van der Waals surface area contributed by atoms with E-state index in [9.17, 15) is 5.11 Å². The predicted octanol–water partition coefficient (Wildman–Crippen LogP) is 4.39. The molecule has 1 N–H and O–H groups in total. The molecule has 2 rings (SSSR count). The van der Waals surface area contributed by atoms with Crippen molar-refractivity contribution in [1.82, 2.24) is 0 Å². The first-order valence-electron chi connectivity index (χ1n) is 8.11. The van der Waals surface area contributed by atoms with Gasteiger partial charge in [-0.05, 0) is 55.1 Å². The predicted molar refractivity (Wildman–Crippen MR) is 88.0 cm³/mol. The minimum absolute atomic E-state index is 0.0800. The van der Waals surface area contributed by atoms with E-state index in [4.69, 9.17) is 4.74 Å². The van der Waals surface area contributed by atoms with E-state index in [0.717, 1.165) is 18.6 Å². The van der Waals surface area contributed by atoms with Gasteiger partial charge in [0, 0.05) is 5.56 Å². The van der Waals surface area contributed by atoms with Gasteiger partial charge in [-0.25, -0.2) is 0 Å². The summed E-state index contributed by atoms with van der Waals surface area (Å²) in [4.78, 5) is 0.